The van der Waals surface area contributed by atoms with E-state index in [0.717, 1.165) is 17.9 Å². The minimum absolute atomic E-state index is 0.678. The van der Waals surface area contributed by atoms with Gasteiger partial charge in [-0.3, -0.25) is 0 Å². The van der Waals surface area contributed by atoms with Gasteiger partial charge in [-0.1, -0.05) is 56.5 Å². The second kappa shape index (κ2) is 7.26. The third-order valence-corrected chi connectivity index (χ3v) is 4.63. The van der Waals surface area contributed by atoms with Crippen molar-refractivity contribution in [2.24, 2.45) is 5.92 Å². The van der Waals surface area contributed by atoms with Crippen LogP contribution < -0.4 is 5.32 Å². The van der Waals surface area contributed by atoms with Gasteiger partial charge in [-0.05, 0) is 50.5 Å². The first kappa shape index (κ1) is 15.6. The van der Waals surface area contributed by atoms with Crippen LogP contribution in [0.15, 0.2) is 24.3 Å². The summed E-state index contributed by atoms with van der Waals surface area (Å²) < 4.78 is 0. The Hall–Kier alpha value is -0.820. The van der Waals surface area contributed by atoms with Gasteiger partial charge in [-0.2, -0.15) is 0 Å². The Morgan fingerprint density at radius 1 is 1.05 bits per heavy atom. The van der Waals surface area contributed by atoms with E-state index in [9.17, 15) is 0 Å². The van der Waals surface area contributed by atoms with Crippen LogP contribution in [0.5, 0.6) is 0 Å². The molecule has 0 amide bonds. The molecule has 0 aliphatic heterocycles. The van der Waals surface area contributed by atoms with Crippen LogP contribution in [0.2, 0.25) is 0 Å². The molecule has 0 saturated heterocycles. The van der Waals surface area contributed by atoms with Crippen LogP contribution in [0, 0.1) is 12.8 Å². The fraction of sp³-hybridized carbons (Fsp3) is 0.684. The quantitative estimate of drug-likeness (QED) is 0.733. The summed E-state index contributed by atoms with van der Waals surface area (Å²) in [6.45, 7) is 9.14. The minimum Gasteiger partial charge on any atom is -0.311 e. The first-order valence-electron chi connectivity index (χ1n) is 8.37. The van der Waals surface area contributed by atoms with Gasteiger partial charge in [0.15, 0.2) is 0 Å². The van der Waals surface area contributed by atoms with Gasteiger partial charge in [0.05, 0.1) is 0 Å². The lowest BCUT2D eigenvalue weighted by Crippen LogP contribution is -2.44. The molecule has 1 saturated carbocycles. The second-order valence-electron chi connectivity index (χ2n) is 7.17. The summed E-state index contributed by atoms with van der Waals surface area (Å²) in [6.07, 6.45) is 6.68. The molecule has 0 aromatic heterocycles. The topological polar surface area (TPSA) is 12.0 Å². The van der Waals surface area contributed by atoms with Gasteiger partial charge < -0.3 is 5.32 Å². The van der Waals surface area contributed by atoms with Gasteiger partial charge >= 0.3 is 0 Å². The van der Waals surface area contributed by atoms with Crippen molar-refractivity contribution in [2.45, 2.75) is 77.8 Å². The summed E-state index contributed by atoms with van der Waals surface area (Å²) in [5.74, 6) is 1.63. The van der Waals surface area contributed by atoms with E-state index in [1.54, 1.807) is 0 Å². The summed E-state index contributed by atoms with van der Waals surface area (Å²) in [5.41, 5.74) is 2.89. The van der Waals surface area contributed by atoms with E-state index in [1.165, 1.54) is 43.2 Å². The Morgan fingerprint density at radius 3 is 2.30 bits per heavy atom. The highest BCUT2D eigenvalue weighted by Crippen LogP contribution is 2.37. The molecular formula is C19H31N. The van der Waals surface area contributed by atoms with Crippen molar-refractivity contribution in [1.82, 2.24) is 5.32 Å². The average molecular weight is 273 g/mol. The number of benzene rings is 1. The van der Waals surface area contributed by atoms with Gasteiger partial charge in [0.1, 0.15) is 0 Å². The van der Waals surface area contributed by atoms with E-state index >= 15 is 0 Å². The van der Waals surface area contributed by atoms with Crippen LogP contribution in [0.1, 0.15) is 69.9 Å². The van der Waals surface area contributed by atoms with Gasteiger partial charge in [0.2, 0.25) is 0 Å². The van der Waals surface area contributed by atoms with Crippen LogP contribution in [0.4, 0.5) is 0 Å². The normalized spacial score (nSPS) is 23.6. The van der Waals surface area contributed by atoms with E-state index in [4.69, 9.17) is 0 Å². The Bertz CT molecular complexity index is 387. The highest BCUT2D eigenvalue weighted by Gasteiger charge is 2.30. The first-order chi connectivity index (χ1) is 9.54. The second-order valence-corrected chi connectivity index (χ2v) is 7.17. The lowest BCUT2D eigenvalue weighted by Gasteiger charge is -2.38. The van der Waals surface area contributed by atoms with E-state index in [2.05, 4.69) is 57.3 Å². The van der Waals surface area contributed by atoms with Crippen molar-refractivity contribution in [2.75, 3.05) is 0 Å². The standard InChI is InChI=1S/C19H31N/c1-14(2)6-5-7-16(4)20-19-12-18(13-19)17-10-8-15(3)9-11-17/h8-11,14,16,18-20H,5-7,12-13H2,1-4H3. The molecule has 0 heterocycles. The zero-order chi connectivity index (χ0) is 14.5. The van der Waals surface area contributed by atoms with Crippen molar-refractivity contribution in [3.63, 3.8) is 0 Å². The Morgan fingerprint density at radius 2 is 1.70 bits per heavy atom. The Labute approximate surface area is 125 Å². The van der Waals surface area contributed by atoms with Crippen molar-refractivity contribution >= 4 is 0 Å². The van der Waals surface area contributed by atoms with Crippen molar-refractivity contribution in [3.05, 3.63) is 35.4 Å². The maximum absolute atomic E-state index is 3.80. The van der Waals surface area contributed by atoms with Crippen molar-refractivity contribution in [3.8, 4) is 0 Å². The fourth-order valence-corrected chi connectivity index (χ4v) is 3.18. The van der Waals surface area contributed by atoms with Crippen molar-refractivity contribution < 1.29 is 0 Å². The zero-order valence-corrected chi connectivity index (χ0v) is 13.7. The lowest BCUT2D eigenvalue weighted by molar-refractivity contribution is 0.262. The largest absolute Gasteiger partial charge is 0.311 e. The van der Waals surface area contributed by atoms with Crippen molar-refractivity contribution in [1.29, 1.82) is 0 Å². The molecule has 1 atom stereocenters. The predicted octanol–water partition coefficient (Wildman–Crippen LogP) is 5.05. The molecule has 20 heavy (non-hydrogen) atoms. The molecule has 1 unspecified atom stereocenters. The number of nitrogens with one attached hydrogen (secondary N) is 1. The summed E-state index contributed by atoms with van der Waals surface area (Å²) in [5, 5.41) is 3.80. The van der Waals surface area contributed by atoms with E-state index < -0.39 is 0 Å². The van der Waals surface area contributed by atoms with Gasteiger partial charge in [-0.15, -0.1) is 0 Å². The molecule has 112 valence electrons. The predicted molar refractivity (Wildman–Crippen MR) is 88.2 cm³/mol. The fourth-order valence-electron chi connectivity index (χ4n) is 3.18. The monoisotopic (exact) mass is 273 g/mol. The van der Waals surface area contributed by atoms with Gasteiger partial charge in [-0.25, -0.2) is 0 Å². The first-order valence-corrected chi connectivity index (χ1v) is 8.37. The molecule has 0 bridgehead atoms. The smallest absolute Gasteiger partial charge is 0.00812 e. The highest BCUT2D eigenvalue weighted by molar-refractivity contribution is 5.26. The van der Waals surface area contributed by atoms with E-state index in [1.807, 2.05) is 0 Å². The maximum atomic E-state index is 3.80. The molecule has 1 N–H and O–H groups in total. The average Bonchev–Trinajstić information content (AvgIpc) is 2.34. The molecule has 2 rings (SSSR count). The highest BCUT2D eigenvalue weighted by atomic mass is 15.0. The third-order valence-electron chi connectivity index (χ3n) is 4.63. The summed E-state index contributed by atoms with van der Waals surface area (Å²) >= 11 is 0. The van der Waals surface area contributed by atoms with Gasteiger partial charge in [0, 0.05) is 12.1 Å². The molecule has 1 heteroatoms. The van der Waals surface area contributed by atoms with Crippen LogP contribution in [-0.2, 0) is 0 Å². The van der Waals surface area contributed by atoms with E-state index in [0.29, 0.717) is 6.04 Å². The summed E-state index contributed by atoms with van der Waals surface area (Å²) in [7, 11) is 0. The Kier molecular flexibility index (Phi) is 5.65. The van der Waals surface area contributed by atoms with E-state index in [-0.39, 0.29) is 0 Å². The molecule has 1 aromatic rings. The van der Waals surface area contributed by atoms with Crippen LogP contribution in [0.25, 0.3) is 0 Å². The molecule has 1 aliphatic rings. The molecular weight excluding hydrogens is 242 g/mol. The number of hydrogen-bond acceptors (Lipinski definition) is 1. The van der Waals surface area contributed by atoms with Gasteiger partial charge in [0.25, 0.3) is 0 Å². The molecule has 1 fully saturated rings. The maximum Gasteiger partial charge on any atom is 0.00812 e. The molecule has 1 aromatic carbocycles. The third kappa shape index (κ3) is 4.63. The zero-order valence-electron chi connectivity index (χ0n) is 13.7. The minimum atomic E-state index is 0.678. The SMILES string of the molecule is Cc1ccc(C2CC(NC(C)CCCC(C)C)C2)cc1. The summed E-state index contributed by atoms with van der Waals surface area (Å²) in [4.78, 5) is 0. The number of aryl methyl sites for hydroxylation is 1. The molecule has 1 aliphatic carbocycles. The lowest BCUT2D eigenvalue weighted by atomic mass is 9.75. The number of hydrogen-bond donors (Lipinski definition) is 1. The molecule has 0 spiro atoms. The summed E-state index contributed by atoms with van der Waals surface area (Å²) in [6, 6.07) is 10.5. The molecule has 0 radical (unpaired) electrons. The Balaban J connectivity index is 1.65. The van der Waals surface area contributed by atoms with Crippen LogP contribution in [-0.4, -0.2) is 12.1 Å². The van der Waals surface area contributed by atoms with Crippen LogP contribution >= 0.6 is 0 Å². The molecule has 1 nitrogen and oxygen atoms in total. The van der Waals surface area contributed by atoms with Crippen LogP contribution in [0.3, 0.4) is 0 Å². The number of rotatable bonds is 7.